The second-order valence-corrected chi connectivity index (χ2v) is 3.86. The van der Waals surface area contributed by atoms with Gasteiger partial charge in [0.1, 0.15) is 6.04 Å². The van der Waals surface area contributed by atoms with E-state index < -0.39 is 12.0 Å². The van der Waals surface area contributed by atoms with Crippen molar-refractivity contribution in [1.29, 1.82) is 0 Å². The number of nitrogens with two attached hydrogens (primary N) is 1. The first-order valence-corrected chi connectivity index (χ1v) is 4.96. The van der Waals surface area contributed by atoms with E-state index in [1.165, 1.54) is 4.90 Å². The molecular weight excluding hydrogens is 212 g/mol. The zero-order valence-electron chi connectivity index (χ0n) is 9.93. The van der Waals surface area contributed by atoms with Crippen molar-refractivity contribution in [3.63, 3.8) is 0 Å². The molecule has 94 valence electrons. The van der Waals surface area contributed by atoms with E-state index in [9.17, 15) is 9.59 Å². The van der Waals surface area contributed by atoms with Crippen molar-refractivity contribution < 1.29 is 14.7 Å². The Balaban J connectivity index is 3.83. The maximum Gasteiger partial charge on any atom is 0.322 e. The lowest BCUT2D eigenvalue weighted by Gasteiger charge is -2.20. The molecule has 0 rings (SSSR count). The van der Waals surface area contributed by atoms with Crippen LogP contribution in [0.3, 0.4) is 0 Å². The van der Waals surface area contributed by atoms with Gasteiger partial charge in [-0.2, -0.15) is 0 Å². The molecule has 2 amide bonds. The monoisotopic (exact) mass is 232 g/mol. The Morgan fingerprint density at radius 2 is 1.88 bits per heavy atom. The van der Waals surface area contributed by atoms with Crippen molar-refractivity contribution in [1.82, 2.24) is 15.1 Å². The average molecular weight is 232 g/mol. The van der Waals surface area contributed by atoms with Crippen LogP contribution in [-0.2, 0) is 4.79 Å². The highest BCUT2D eigenvalue weighted by Crippen LogP contribution is 1.86. The topological polar surface area (TPSA) is 98.9 Å². The third-order valence-corrected chi connectivity index (χ3v) is 2.02. The fraction of sp³-hybridized carbons (Fsp3) is 0.778. The highest BCUT2D eigenvalue weighted by atomic mass is 16.4. The molecule has 7 nitrogen and oxygen atoms in total. The molecule has 0 unspecified atom stereocenters. The smallest absolute Gasteiger partial charge is 0.322 e. The molecule has 0 aliphatic rings. The van der Waals surface area contributed by atoms with Crippen LogP contribution in [0.2, 0.25) is 0 Å². The van der Waals surface area contributed by atoms with Gasteiger partial charge in [-0.05, 0) is 14.1 Å². The van der Waals surface area contributed by atoms with Crippen LogP contribution in [0, 0.1) is 0 Å². The lowest BCUT2D eigenvalue weighted by atomic mass is 10.3. The Bertz CT molecular complexity index is 245. The Morgan fingerprint density at radius 1 is 1.31 bits per heavy atom. The number of hydrogen-bond donors (Lipinski definition) is 3. The van der Waals surface area contributed by atoms with E-state index in [1.54, 1.807) is 7.05 Å². The first-order chi connectivity index (χ1) is 7.34. The molecule has 0 radical (unpaired) electrons. The lowest BCUT2D eigenvalue weighted by molar-refractivity contribution is -0.138. The van der Waals surface area contributed by atoms with Gasteiger partial charge in [0.15, 0.2) is 0 Å². The second-order valence-electron chi connectivity index (χ2n) is 3.86. The van der Waals surface area contributed by atoms with Gasteiger partial charge in [-0.25, -0.2) is 4.79 Å². The molecule has 0 saturated carbocycles. The molecule has 7 heteroatoms. The summed E-state index contributed by atoms with van der Waals surface area (Å²) in [5.74, 6) is -1.13. The molecule has 0 saturated heterocycles. The number of carbonyl (C=O) groups excluding carboxylic acids is 1. The summed E-state index contributed by atoms with van der Waals surface area (Å²) < 4.78 is 0. The second kappa shape index (κ2) is 7.02. The number of carboxylic acid groups (broad SMARTS) is 1. The molecule has 0 aromatic rings. The van der Waals surface area contributed by atoms with E-state index in [0.717, 1.165) is 6.54 Å². The van der Waals surface area contributed by atoms with E-state index in [1.807, 2.05) is 19.0 Å². The summed E-state index contributed by atoms with van der Waals surface area (Å²) in [4.78, 5) is 25.3. The van der Waals surface area contributed by atoms with Crippen LogP contribution >= 0.6 is 0 Å². The van der Waals surface area contributed by atoms with Gasteiger partial charge < -0.3 is 26.0 Å². The summed E-state index contributed by atoms with van der Waals surface area (Å²) in [5.41, 5.74) is 5.25. The maximum atomic E-state index is 11.4. The van der Waals surface area contributed by atoms with Gasteiger partial charge in [-0.15, -0.1) is 0 Å². The van der Waals surface area contributed by atoms with Crippen LogP contribution < -0.4 is 11.1 Å². The number of amides is 2. The van der Waals surface area contributed by atoms with E-state index in [2.05, 4.69) is 5.32 Å². The zero-order valence-corrected chi connectivity index (χ0v) is 9.93. The van der Waals surface area contributed by atoms with Crippen molar-refractivity contribution in [2.24, 2.45) is 5.73 Å². The van der Waals surface area contributed by atoms with Crippen LogP contribution in [-0.4, -0.2) is 73.7 Å². The molecule has 0 bridgehead atoms. The summed E-state index contributed by atoms with van der Waals surface area (Å²) in [5, 5.41) is 11.0. The van der Waals surface area contributed by atoms with E-state index in [0.29, 0.717) is 6.54 Å². The van der Waals surface area contributed by atoms with Crippen LogP contribution in [0.5, 0.6) is 0 Å². The van der Waals surface area contributed by atoms with E-state index in [-0.39, 0.29) is 12.6 Å². The number of hydrogen-bond acceptors (Lipinski definition) is 4. The Hall–Kier alpha value is -1.34. The SMILES string of the molecule is CN(C)CCN(C)C(=O)NC[C@H](N)C(=O)O. The van der Waals surface area contributed by atoms with Gasteiger partial charge in [0, 0.05) is 26.7 Å². The fourth-order valence-electron chi connectivity index (χ4n) is 0.871. The minimum atomic E-state index is -1.13. The number of aliphatic carboxylic acids is 1. The summed E-state index contributed by atoms with van der Waals surface area (Å²) >= 11 is 0. The van der Waals surface area contributed by atoms with E-state index in [4.69, 9.17) is 10.8 Å². The van der Waals surface area contributed by atoms with Crippen LogP contribution in [0.1, 0.15) is 0 Å². The molecule has 0 fully saturated rings. The van der Waals surface area contributed by atoms with Crippen molar-refractivity contribution >= 4 is 12.0 Å². The number of nitrogens with one attached hydrogen (secondary N) is 1. The van der Waals surface area contributed by atoms with Crippen molar-refractivity contribution in [3.05, 3.63) is 0 Å². The first kappa shape index (κ1) is 14.7. The molecule has 0 aliphatic carbocycles. The standard InChI is InChI=1S/C9H20N4O3/c1-12(2)4-5-13(3)9(16)11-6-7(10)8(14)15/h7H,4-6,10H2,1-3H3,(H,11,16)(H,14,15)/t7-/m0/s1. The third kappa shape index (κ3) is 6.20. The van der Waals surface area contributed by atoms with Gasteiger partial charge in [0.25, 0.3) is 0 Å². The largest absolute Gasteiger partial charge is 0.480 e. The molecule has 0 heterocycles. The zero-order chi connectivity index (χ0) is 12.7. The van der Waals surface area contributed by atoms with Gasteiger partial charge in [0.2, 0.25) is 0 Å². The number of rotatable bonds is 6. The summed E-state index contributed by atoms with van der Waals surface area (Å²) in [6.45, 7) is 1.25. The number of carbonyl (C=O) groups is 2. The average Bonchev–Trinajstić information content (AvgIpc) is 2.21. The normalized spacial score (nSPS) is 12.3. The number of likely N-dealkylation sites (N-methyl/N-ethyl adjacent to an activating group) is 2. The molecule has 16 heavy (non-hydrogen) atoms. The van der Waals surface area contributed by atoms with E-state index >= 15 is 0 Å². The lowest BCUT2D eigenvalue weighted by Crippen LogP contribution is -2.47. The molecule has 0 aromatic heterocycles. The molecule has 4 N–H and O–H groups in total. The maximum absolute atomic E-state index is 11.4. The third-order valence-electron chi connectivity index (χ3n) is 2.02. The summed E-state index contributed by atoms with van der Waals surface area (Å²) in [7, 11) is 5.46. The summed E-state index contributed by atoms with van der Waals surface area (Å²) in [6, 6.07) is -1.38. The Kier molecular flexibility index (Phi) is 6.43. The number of urea groups is 1. The molecular formula is C9H20N4O3. The Labute approximate surface area is 95.2 Å². The van der Waals surface area contributed by atoms with Crippen LogP contribution in [0.25, 0.3) is 0 Å². The van der Waals surface area contributed by atoms with Gasteiger partial charge >= 0.3 is 12.0 Å². The van der Waals surface area contributed by atoms with Crippen LogP contribution in [0.15, 0.2) is 0 Å². The minimum absolute atomic E-state index is 0.0690. The summed E-state index contributed by atoms with van der Waals surface area (Å²) in [6.07, 6.45) is 0. The highest BCUT2D eigenvalue weighted by Gasteiger charge is 2.14. The van der Waals surface area contributed by atoms with Crippen LogP contribution in [0.4, 0.5) is 4.79 Å². The molecule has 0 aliphatic heterocycles. The fourth-order valence-corrected chi connectivity index (χ4v) is 0.871. The minimum Gasteiger partial charge on any atom is -0.480 e. The molecule has 0 aromatic carbocycles. The Morgan fingerprint density at radius 3 is 2.31 bits per heavy atom. The van der Waals surface area contributed by atoms with Crippen molar-refractivity contribution in [2.75, 3.05) is 40.8 Å². The predicted octanol–water partition coefficient (Wildman–Crippen LogP) is -1.40. The highest BCUT2D eigenvalue weighted by molar-refractivity contribution is 5.77. The van der Waals surface area contributed by atoms with Crippen molar-refractivity contribution in [2.45, 2.75) is 6.04 Å². The van der Waals surface area contributed by atoms with Gasteiger partial charge in [-0.1, -0.05) is 0 Å². The molecule has 0 spiro atoms. The van der Waals surface area contributed by atoms with Crippen molar-refractivity contribution in [3.8, 4) is 0 Å². The number of carboxylic acids is 1. The quantitative estimate of drug-likeness (QED) is 0.523. The predicted molar refractivity (Wildman–Crippen MR) is 60.2 cm³/mol. The van der Waals surface area contributed by atoms with Gasteiger partial charge in [-0.3, -0.25) is 4.79 Å². The molecule has 1 atom stereocenters. The number of nitrogens with zero attached hydrogens (tertiary/aromatic N) is 2. The van der Waals surface area contributed by atoms with Gasteiger partial charge in [0.05, 0.1) is 0 Å². The first-order valence-electron chi connectivity index (χ1n) is 4.96.